The maximum atomic E-state index is 12.9. The van der Waals surface area contributed by atoms with Gasteiger partial charge in [0.05, 0.1) is 24.6 Å². The molecule has 156 valence electrons. The molecular formula is C19H17F3N6O2. The molecule has 0 radical (unpaired) electrons. The van der Waals surface area contributed by atoms with Crippen LogP contribution in [0.15, 0.2) is 36.7 Å². The molecule has 3 heterocycles. The predicted molar refractivity (Wildman–Crippen MR) is 99.7 cm³/mol. The van der Waals surface area contributed by atoms with Crippen LogP contribution in [0.4, 0.5) is 24.8 Å². The van der Waals surface area contributed by atoms with E-state index in [4.69, 9.17) is 4.74 Å². The normalized spacial score (nSPS) is 15.0. The van der Waals surface area contributed by atoms with Crippen LogP contribution in [0.2, 0.25) is 0 Å². The number of pyridine rings is 2. The Balaban J connectivity index is 1.62. The summed E-state index contributed by atoms with van der Waals surface area (Å²) < 4.78 is 45.1. The van der Waals surface area contributed by atoms with Crippen molar-refractivity contribution < 1.29 is 22.7 Å². The second-order valence-electron chi connectivity index (χ2n) is 7.04. The first-order chi connectivity index (χ1) is 14.2. The van der Waals surface area contributed by atoms with Crippen LogP contribution in [0.5, 0.6) is 0 Å². The Morgan fingerprint density at radius 3 is 2.63 bits per heavy atom. The zero-order valence-electron chi connectivity index (χ0n) is 16.1. The standard InChI is InChI=1S/C19H17F3N6O2/c1-11-7-13(14-10-28(27-26-14)18(4-5-18)17(29)30-2)24-16(8-11)25-15-9-12(3-6-23-15)19(20,21)22/h3,6-10H,4-5H2,1-2H3,(H,23,24,25). The Morgan fingerprint density at radius 1 is 1.20 bits per heavy atom. The van der Waals surface area contributed by atoms with Gasteiger partial charge in [-0.15, -0.1) is 5.10 Å². The number of esters is 1. The lowest BCUT2D eigenvalue weighted by Crippen LogP contribution is -2.29. The van der Waals surface area contributed by atoms with Crippen molar-refractivity contribution in [3.63, 3.8) is 0 Å². The smallest absolute Gasteiger partial charge is 0.416 e. The highest BCUT2D eigenvalue weighted by Crippen LogP contribution is 2.44. The Bertz CT molecular complexity index is 1110. The summed E-state index contributed by atoms with van der Waals surface area (Å²) in [6, 6.07) is 5.24. The van der Waals surface area contributed by atoms with Crippen LogP contribution in [0.1, 0.15) is 24.0 Å². The molecule has 3 aromatic heterocycles. The van der Waals surface area contributed by atoms with Gasteiger partial charge in [-0.3, -0.25) is 0 Å². The largest absolute Gasteiger partial charge is 0.467 e. The van der Waals surface area contributed by atoms with Crippen LogP contribution < -0.4 is 5.32 Å². The van der Waals surface area contributed by atoms with Crippen molar-refractivity contribution in [1.29, 1.82) is 0 Å². The first-order valence-corrected chi connectivity index (χ1v) is 9.02. The summed E-state index contributed by atoms with van der Waals surface area (Å²) >= 11 is 0. The van der Waals surface area contributed by atoms with Gasteiger partial charge in [0, 0.05) is 6.20 Å². The van der Waals surface area contributed by atoms with Crippen molar-refractivity contribution in [2.75, 3.05) is 12.4 Å². The molecule has 8 nitrogen and oxygen atoms in total. The fourth-order valence-electron chi connectivity index (χ4n) is 3.09. The van der Waals surface area contributed by atoms with Crippen molar-refractivity contribution in [3.05, 3.63) is 47.8 Å². The van der Waals surface area contributed by atoms with Gasteiger partial charge in [0.15, 0.2) is 5.54 Å². The third kappa shape index (κ3) is 3.70. The first kappa shape index (κ1) is 19.8. The fraction of sp³-hybridized carbons (Fsp3) is 0.316. The van der Waals surface area contributed by atoms with E-state index in [1.807, 2.05) is 6.92 Å². The molecule has 0 atom stereocenters. The predicted octanol–water partition coefficient (Wildman–Crippen LogP) is 3.47. The number of ether oxygens (including phenoxy) is 1. The number of rotatable bonds is 5. The Morgan fingerprint density at radius 2 is 1.97 bits per heavy atom. The van der Waals surface area contributed by atoms with E-state index in [1.165, 1.54) is 11.8 Å². The Labute approximate surface area is 169 Å². The van der Waals surface area contributed by atoms with Crippen LogP contribution in [-0.2, 0) is 21.2 Å². The lowest BCUT2D eigenvalue weighted by molar-refractivity contribution is -0.146. The Kier molecular flexibility index (Phi) is 4.67. The number of hydrogen-bond acceptors (Lipinski definition) is 7. The van der Waals surface area contributed by atoms with Crippen LogP contribution in [0, 0.1) is 6.92 Å². The average Bonchev–Trinajstić information content (AvgIpc) is 3.35. The number of aryl methyl sites for hydroxylation is 1. The number of carbonyl (C=O) groups excluding carboxylic acids is 1. The minimum Gasteiger partial charge on any atom is -0.467 e. The van der Waals surface area contributed by atoms with Crippen molar-refractivity contribution in [2.45, 2.75) is 31.5 Å². The van der Waals surface area contributed by atoms with E-state index in [0.29, 0.717) is 30.0 Å². The highest BCUT2D eigenvalue weighted by Gasteiger charge is 2.54. The van der Waals surface area contributed by atoms with E-state index in [-0.39, 0.29) is 11.8 Å². The molecule has 0 saturated heterocycles. The summed E-state index contributed by atoms with van der Waals surface area (Å²) in [5.74, 6) is -0.0604. The Hall–Kier alpha value is -3.50. The summed E-state index contributed by atoms with van der Waals surface area (Å²) in [4.78, 5) is 20.4. The lowest BCUT2D eigenvalue weighted by Gasteiger charge is -2.11. The number of nitrogens with one attached hydrogen (secondary N) is 1. The van der Waals surface area contributed by atoms with Crippen LogP contribution in [0.25, 0.3) is 11.4 Å². The van der Waals surface area contributed by atoms with Gasteiger partial charge >= 0.3 is 12.1 Å². The molecule has 30 heavy (non-hydrogen) atoms. The summed E-state index contributed by atoms with van der Waals surface area (Å²) in [6.07, 6.45) is -0.565. The van der Waals surface area contributed by atoms with Gasteiger partial charge in [0.25, 0.3) is 0 Å². The van der Waals surface area contributed by atoms with E-state index < -0.39 is 17.3 Å². The molecule has 1 saturated carbocycles. The number of nitrogens with zero attached hydrogens (tertiary/aromatic N) is 5. The van der Waals surface area contributed by atoms with Crippen molar-refractivity contribution >= 4 is 17.6 Å². The molecule has 0 spiro atoms. The molecule has 1 aliphatic carbocycles. The summed E-state index contributed by atoms with van der Waals surface area (Å²) in [5.41, 5.74) is 0.0455. The third-order valence-corrected chi connectivity index (χ3v) is 4.80. The molecule has 3 aromatic rings. The number of hydrogen-bond donors (Lipinski definition) is 1. The molecule has 0 unspecified atom stereocenters. The van der Waals surface area contributed by atoms with Crippen molar-refractivity contribution in [2.24, 2.45) is 0 Å². The second kappa shape index (κ2) is 7.08. The summed E-state index contributed by atoms with van der Waals surface area (Å²) in [7, 11) is 1.32. The molecule has 0 bridgehead atoms. The van der Waals surface area contributed by atoms with Crippen LogP contribution in [-0.4, -0.2) is 38.0 Å². The quantitative estimate of drug-likeness (QED) is 0.634. The summed E-state index contributed by atoms with van der Waals surface area (Å²) in [5, 5.41) is 10.9. The molecule has 0 aromatic carbocycles. The van der Waals surface area contributed by atoms with E-state index >= 15 is 0 Å². The van der Waals surface area contributed by atoms with E-state index in [0.717, 1.165) is 23.9 Å². The van der Waals surface area contributed by atoms with Gasteiger partial charge in [-0.1, -0.05) is 5.21 Å². The number of carbonyl (C=O) groups is 1. The maximum absolute atomic E-state index is 12.9. The number of alkyl halides is 3. The molecule has 11 heteroatoms. The molecule has 0 amide bonds. The highest BCUT2D eigenvalue weighted by molar-refractivity contribution is 5.81. The van der Waals surface area contributed by atoms with Crippen LogP contribution >= 0.6 is 0 Å². The van der Waals surface area contributed by atoms with Crippen LogP contribution in [0.3, 0.4) is 0 Å². The number of anilines is 2. The molecule has 1 N–H and O–H groups in total. The number of halogens is 3. The minimum atomic E-state index is -4.47. The van der Waals surface area contributed by atoms with Gasteiger partial charge in [-0.25, -0.2) is 19.4 Å². The maximum Gasteiger partial charge on any atom is 0.416 e. The highest BCUT2D eigenvalue weighted by atomic mass is 19.4. The average molecular weight is 418 g/mol. The number of methoxy groups -OCH3 is 1. The van der Waals surface area contributed by atoms with Gasteiger partial charge in [-0.2, -0.15) is 13.2 Å². The van der Waals surface area contributed by atoms with Crippen molar-refractivity contribution in [3.8, 4) is 11.4 Å². The van der Waals surface area contributed by atoms with Gasteiger partial charge in [0.2, 0.25) is 0 Å². The zero-order valence-corrected chi connectivity index (χ0v) is 16.1. The molecule has 1 fully saturated rings. The number of aromatic nitrogens is 5. The summed E-state index contributed by atoms with van der Waals surface area (Å²) in [6.45, 7) is 1.82. The zero-order chi connectivity index (χ0) is 21.5. The lowest BCUT2D eigenvalue weighted by atomic mass is 10.2. The van der Waals surface area contributed by atoms with Gasteiger partial charge in [-0.05, 0) is 49.6 Å². The van der Waals surface area contributed by atoms with Gasteiger partial charge < -0.3 is 10.1 Å². The van der Waals surface area contributed by atoms with Crippen molar-refractivity contribution in [1.82, 2.24) is 25.0 Å². The topological polar surface area (TPSA) is 94.8 Å². The SMILES string of the molecule is COC(=O)C1(n2cc(-c3cc(C)cc(Nc4cc(C(F)(F)F)ccn4)n3)nn2)CC1. The first-order valence-electron chi connectivity index (χ1n) is 9.02. The monoisotopic (exact) mass is 418 g/mol. The molecule has 0 aliphatic heterocycles. The second-order valence-corrected chi connectivity index (χ2v) is 7.04. The molecular weight excluding hydrogens is 401 g/mol. The fourth-order valence-corrected chi connectivity index (χ4v) is 3.09. The van der Waals surface area contributed by atoms with E-state index in [2.05, 4.69) is 25.6 Å². The van der Waals surface area contributed by atoms with E-state index in [1.54, 1.807) is 18.3 Å². The van der Waals surface area contributed by atoms with Gasteiger partial charge in [0.1, 0.15) is 17.3 Å². The third-order valence-electron chi connectivity index (χ3n) is 4.80. The minimum absolute atomic E-state index is 0.0140. The molecule has 1 aliphatic rings. The molecule has 4 rings (SSSR count). The van der Waals surface area contributed by atoms with E-state index in [9.17, 15) is 18.0 Å².